The molecule has 1 aliphatic rings. The molecule has 0 spiro atoms. The van der Waals surface area contributed by atoms with Crippen LogP contribution in [0.4, 0.5) is 4.39 Å². The predicted octanol–water partition coefficient (Wildman–Crippen LogP) is 3.31. The monoisotopic (exact) mass is 286 g/mol. The van der Waals surface area contributed by atoms with Crippen molar-refractivity contribution >= 4 is 0 Å². The molecule has 2 aromatic carbocycles. The van der Waals surface area contributed by atoms with E-state index in [0.29, 0.717) is 0 Å². The third-order valence-corrected chi connectivity index (χ3v) is 3.18. The van der Waals surface area contributed by atoms with E-state index in [9.17, 15) is 9.18 Å². The zero-order valence-corrected chi connectivity index (χ0v) is 11.4. The van der Waals surface area contributed by atoms with Crippen molar-refractivity contribution in [1.82, 2.24) is 0 Å². The molecule has 1 fully saturated rings. The van der Waals surface area contributed by atoms with Gasteiger partial charge in [0.1, 0.15) is 6.61 Å². The highest BCUT2D eigenvalue weighted by atomic mass is 19.1. The van der Waals surface area contributed by atoms with Crippen LogP contribution in [0.2, 0.25) is 0 Å². The Morgan fingerprint density at radius 3 is 2.52 bits per heavy atom. The number of hydrogen-bond acceptors (Lipinski definition) is 3. The molecule has 1 aliphatic carbocycles. The first-order valence-electron chi connectivity index (χ1n) is 6.90. The molecular weight excluding hydrogens is 271 g/mol. The average molecular weight is 286 g/mol. The van der Waals surface area contributed by atoms with Gasteiger partial charge < -0.3 is 9.47 Å². The van der Waals surface area contributed by atoms with Crippen molar-refractivity contribution in [1.29, 1.82) is 0 Å². The predicted molar refractivity (Wildman–Crippen MR) is 77.1 cm³/mol. The summed E-state index contributed by atoms with van der Waals surface area (Å²) < 4.78 is 24.8. The van der Waals surface area contributed by atoms with Crippen molar-refractivity contribution in [2.75, 3.05) is 0 Å². The highest BCUT2D eigenvalue weighted by Gasteiger charge is 2.25. The maximum absolute atomic E-state index is 13.9. The molecule has 1 saturated carbocycles. The molecule has 0 unspecified atom stereocenters. The molecule has 0 aromatic heterocycles. The maximum Gasteiger partial charge on any atom is 0.265 e. The van der Waals surface area contributed by atoms with E-state index < -0.39 is 11.2 Å². The fourth-order valence-corrected chi connectivity index (χ4v) is 1.91. The summed E-state index contributed by atoms with van der Waals surface area (Å²) in [5, 5.41) is 0. The lowest BCUT2D eigenvalue weighted by atomic mass is 10.2. The standard InChI is InChI=1S/C17H15FO3/c18-14-7-4-8-15(21-13-9-10-13)16(19)17(14)20-11-12-5-2-1-3-6-12/h1-8,13H,9-11H2. The molecule has 0 bridgehead atoms. The minimum atomic E-state index is -0.679. The van der Waals surface area contributed by atoms with Gasteiger partial charge in [-0.05, 0) is 30.5 Å². The molecule has 0 N–H and O–H groups in total. The summed E-state index contributed by atoms with van der Waals surface area (Å²) >= 11 is 0. The molecule has 3 rings (SSSR count). The Morgan fingerprint density at radius 1 is 1.05 bits per heavy atom. The SMILES string of the molecule is O=c1c(OC2CC2)cccc(F)c1OCc1ccccc1. The Balaban J connectivity index is 1.86. The molecule has 2 aromatic rings. The van der Waals surface area contributed by atoms with Gasteiger partial charge in [-0.1, -0.05) is 36.4 Å². The molecule has 0 aliphatic heterocycles. The summed E-state index contributed by atoms with van der Waals surface area (Å²) in [6.07, 6.45) is 1.94. The second kappa shape index (κ2) is 5.95. The highest BCUT2D eigenvalue weighted by molar-refractivity contribution is 5.33. The van der Waals surface area contributed by atoms with Crippen molar-refractivity contribution in [3.63, 3.8) is 0 Å². The number of hydrogen-bond donors (Lipinski definition) is 0. The summed E-state index contributed by atoms with van der Waals surface area (Å²) in [4.78, 5) is 12.3. The quantitative estimate of drug-likeness (QED) is 0.846. The lowest BCUT2D eigenvalue weighted by molar-refractivity contribution is 0.276. The van der Waals surface area contributed by atoms with Crippen molar-refractivity contribution in [3.8, 4) is 11.5 Å². The molecule has 0 atom stereocenters. The van der Waals surface area contributed by atoms with Gasteiger partial charge in [0.2, 0.25) is 5.75 Å². The van der Waals surface area contributed by atoms with Gasteiger partial charge >= 0.3 is 0 Å². The molecular formula is C17H15FO3. The first kappa shape index (κ1) is 13.6. The molecule has 108 valence electrons. The second-order valence-corrected chi connectivity index (χ2v) is 4.99. The average Bonchev–Trinajstić information content (AvgIpc) is 3.31. The zero-order chi connectivity index (χ0) is 14.7. The first-order valence-corrected chi connectivity index (χ1v) is 6.90. The number of rotatable bonds is 5. The van der Waals surface area contributed by atoms with Gasteiger partial charge in [-0.25, -0.2) is 4.39 Å². The summed E-state index contributed by atoms with van der Waals surface area (Å²) in [6.45, 7) is 0.139. The highest BCUT2D eigenvalue weighted by Crippen LogP contribution is 2.26. The van der Waals surface area contributed by atoms with E-state index in [4.69, 9.17) is 9.47 Å². The van der Waals surface area contributed by atoms with Crippen LogP contribution < -0.4 is 14.9 Å². The minimum Gasteiger partial charge on any atom is -0.486 e. The minimum absolute atomic E-state index is 0.0742. The van der Waals surface area contributed by atoms with Crippen LogP contribution in [0.3, 0.4) is 0 Å². The van der Waals surface area contributed by atoms with Gasteiger partial charge in [-0.2, -0.15) is 0 Å². The van der Waals surface area contributed by atoms with E-state index >= 15 is 0 Å². The van der Waals surface area contributed by atoms with Crippen LogP contribution in [0.5, 0.6) is 11.5 Å². The summed E-state index contributed by atoms with van der Waals surface area (Å²) in [6, 6.07) is 13.5. The van der Waals surface area contributed by atoms with Crippen LogP contribution in [0.15, 0.2) is 53.3 Å². The Labute approximate surface area is 122 Å². The van der Waals surface area contributed by atoms with Crippen molar-refractivity contribution < 1.29 is 13.9 Å². The van der Waals surface area contributed by atoms with Crippen LogP contribution in [0, 0.1) is 5.82 Å². The molecule has 0 heterocycles. The number of ether oxygens (including phenoxy) is 2. The molecule has 0 saturated heterocycles. The van der Waals surface area contributed by atoms with Crippen LogP contribution >= 0.6 is 0 Å². The van der Waals surface area contributed by atoms with Gasteiger partial charge in [-0.15, -0.1) is 0 Å². The van der Waals surface area contributed by atoms with Crippen molar-refractivity contribution in [3.05, 3.63) is 70.1 Å². The smallest absolute Gasteiger partial charge is 0.265 e. The van der Waals surface area contributed by atoms with E-state index in [1.807, 2.05) is 30.3 Å². The summed E-state index contributed by atoms with van der Waals surface area (Å²) in [7, 11) is 0. The van der Waals surface area contributed by atoms with E-state index in [-0.39, 0.29) is 24.2 Å². The van der Waals surface area contributed by atoms with Crippen LogP contribution in [-0.2, 0) is 6.61 Å². The number of halogens is 1. The first-order chi connectivity index (χ1) is 10.2. The fourth-order valence-electron chi connectivity index (χ4n) is 1.91. The van der Waals surface area contributed by atoms with Gasteiger partial charge in [0.25, 0.3) is 5.43 Å². The van der Waals surface area contributed by atoms with E-state index in [2.05, 4.69) is 0 Å². The largest absolute Gasteiger partial charge is 0.486 e. The molecule has 4 heteroatoms. The molecule has 0 amide bonds. The van der Waals surface area contributed by atoms with Gasteiger partial charge in [0.05, 0.1) is 6.10 Å². The third kappa shape index (κ3) is 3.40. The van der Waals surface area contributed by atoms with Gasteiger partial charge in [0.15, 0.2) is 11.6 Å². The van der Waals surface area contributed by atoms with E-state index in [1.165, 1.54) is 18.2 Å². The van der Waals surface area contributed by atoms with Crippen LogP contribution in [0.1, 0.15) is 18.4 Å². The van der Waals surface area contributed by atoms with E-state index in [0.717, 1.165) is 18.4 Å². The molecule has 0 radical (unpaired) electrons. The summed E-state index contributed by atoms with van der Waals surface area (Å²) in [5.74, 6) is -0.828. The lowest BCUT2D eigenvalue weighted by Crippen LogP contribution is -2.12. The Morgan fingerprint density at radius 2 is 1.81 bits per heavy atom. The third-order valence-electron chi connectivity index (χ3n) is 3.18. The Hall–Kier alpha value is -2.36. The molecule has 21 heavy (non-hydrogen) atoms. The summed E-state index contributed by atoms with van der Waals surface area (Å²) in [5.41, 5.74) is 0.327. The van der Waals surface area contributed by atoms with E-state index in [1.54, 1.807) is 0 Å². The zero-order valence-electron chi connectivity index (χ0n) is 11.4. The van der Waals surface area contributed by atoms with Crippen LogP contribution in [-0.4, -0.2) is 6.10 Å². The normalized spacial score (nSPS) is 13.8. The lowest BCUT2D eigenvalue weighted by Gasteiger charge is -2.06. The topological polar surface area (TPSA) is 35.5 Å². The maximum atomic E-state index is 13.9. The fraction of sp³-hybridized carbons (Fsp3) is 0.235. The number of benzene rings is 1. The Kier molecular flexibility index (Phi) is 3.86. The molecule has 3 nitrogen and oxygen atoms in total. The van der Waals surface area contributed by atoms with Gasteiger partial charge in [0, 0.05) is 0 Å². The van der Waals surface area contributed by atoms with Crippen molar-refractivity contribution in [2.45, 2.75) is 25.6 Å². The van der Waals surface area contributed by atoms with Crippen molar-refractivity contribution in [2.24, 2.45) is 0 Å². The second-order valence-electron chi connectivity index (χ2n) is 4.99. The van der Waals surface area contributed by atoms with Gasteiger partial charge in [-0.3, -0.25) is 4.79 Å². The van der Waals surface area contributed by atoms with Crippen LogP contribution in [0.25, 0.3) is 0 Å². The Bertz CT molecular complexity index is 681.